The van der Waals surface area contributed by atoms with Crippen LogP contribution in [0, 0.1) is 0 Å². The van der Waals surface area contributed by atoms with Gasteiger partial charge in [0.05, 0.1) is 18.9 Å². The minimum absolute atomic E-state index is 0.0999. The molecule has 6 heteroatoms. The van der Waals surface area contributed by atoms with Crippen LogP contribution in [0.2, 0.25) is 0 Å². The zero-order chi connectivity index (χ0) is 18.4. The lowest BCUT2D eigenvalue weighted by atomic mass is 10.0. The number of oxime groups is 1. The van der Waals surface area contributed by atoms with E-state index < -0.39 is 0 Å². The molecule has 0 atom stereocenters. The van der Waals surface area contributed by atoms with Crippen molar-refractivity contribution in [2.45, 2.75) is 26.4 Å². The highest BCUT2D eigenvalue weighted by Crippen LogP contribution is 2.27. The Labute approximate surface area is 152 Å². The summed E-state index contributed by atoms with van der Waals surface area (Å²) in [5, 5.41) is 7.91. The summed E-state index contributed by atoms with van der Waals surface area (Å²) in [6, 6.07) is 15.7. The molecule has 2 aromatic carbocycles. The van der Waals surface area contributed by atoms with Gasteiger partial charge in [0.25, 0.3) is 5.89 Å². The van der Waals surface area contributed by atoms with E-state index in [9.17, 15) is 0 Å². The van der Waals surface area contributed by atoms with Gasteiger partial charge < -0.3 is 14.1 Å². The lowest BCUT2D eigenvalue weighted by molar-refractivity contribution is 0.107. The molecule has 134 valence electrons. The van der Waals surface area contributed by atoms with Gasteiger partial charge in [-0.15, -0.1) is 0 Å². The summed E-state index contributed by atoms with van der Waals surface area (Å²) >= 11 is 0. The molecule has 0 fully saturated rings. The van der Waals surface area contributed by atoms with Crippen LogP contribution < -0.4 is 4.74 Å². The zero-order valence-electron chi connectivity index (χ0n) is 15.0. The first kappa shape index (κ1) is 17.7. The first-order valence-electron chi connectivity index (χ1n) is 8.38. The van der Waals surface area contributed by atoms with Gasteiger partial charge >= 0.3 is 0 Å². The highest BCUT2D eigenvalue weighted by molar-refractivity contribution is 5.79. The third kappa shape index (κ3) is 4.27. The normalized spacial score (nSPS) is 11.2. The molecule has 0 N–H and O–H groups in total. The van der Waals surface area contributed by atoms with Gasteiger partial charge in [0.15, 0.2) is 6.61 Å². The summed E-state index contributed by atoms with van der Waals surface area (Å²) in [5.74, 6) is 1.99. The number of aromatic nitrogens is 2. The smallest absolute Gasteiger partial charge is 0.267 e. The van der Waals surface area contributed by atoms with E-state index in [-0.39, 0.29) is 6.61 Å². The molecule has 0 bridgehead atoms. The fourth-order valence-corrected chi connectivity index (χ4v) is 2.41. The van der Waals surface area contributed by atoms with Crippen LogP contribution in [-0.2, 0) is 11.4 Å². The second-order valence-corrected chi connectivity index (χ2v) is 6.04. The van der Waals surface area contributed by atoms with E-state index in [4.69, 9.17) is 14.1 Å². The van der Waals surface area contributed by atoms with Gasteiger partial charge in [0.2, 0.25) is 5.82 Å². The second kappa shape index (κ2) is 8.29. The van der Waals surface area contributed by atoms with Crippen molar-refractivity contribution in [3.05, 3.63) is 65.5 Å². The molecule has 0 aliphatic heterocycles. The minimum Gasteiger partial charge on any atom is -0.496 e. The number of para-hydroxylation sites is 1. The SMILES string of the molecule is COc1ccccc1-c1noc(CO/N=C\c2ccc(C(C)C)cc2)n1. The Bertz CT molecular complexity index is 870. The second-order valence-electron chi connectivity index (χ2n) is 6.04. The zero-order valence-corrected chi connectivity index (χ0v) is 15.0. The van der Waals surface area contributed by atoms with Crippen molar-refractivity contribution in [3.8, 4) is 17.1 Å². The summed E-state index contributed by atoms with van der Waals surface area (Å²) in [7, 11) is 1.60. The van der Waals surface area contributed by atoms with Crippen molar-refractivity contribution < 1.29 is 14.1 Å². The molecule has 3 aromatic rings. The van der Waals surface area contributed by atoms with Gasteiger partial charge in [-0.05, 0) is 29.2 Å². The van der Waals surface area contributed by atoms with Crippen LogP contribution in [0.5, 0.6) is 5.75 Å². The fourth-order valence-electron chi connectivity index (χ4n) is 2.41. The van der Waals surface area contributed by atoms with Crippen LogP contribution in [-0.4, -0.2) is 23.5 Å². The molecule has 6 nitrogen and oxygen atoms in total. The van der Waals surface area contributed by atoms with E-state index in [2.05, 4.69) is 41.3 Å². The Morgan fingerprint density at radius 3 is 2.62 bits per heavy atom. The van der Waals surface area contributed by atoms with Crippen molar-refractivity contribution in [2.24, 2.45) is 5.16 Å². The van der Waals surface area contributed by atoms with E-state index in [1.54, 1.807) is 13.3 Å². The molecule has 0 spiro atoms. The first-order chi connectivity index (χ1) is 12.7. The number of nitrogens with zero attached hydrogens (tertiary/aromatic N) is 3. The standard InChI is InChI=1S/C20H21N3O3/c1-14(2)16-10-8-15(9-11-16)12-21-25-13-19-22-20(23-26-19)17-6-4-5-7-18(17)24-3/h4-12,14H,13H2,1-3H3/b21-12-. The van der Waals surface area contributed by atoms with E-state index >= 15 is 0 Å². The maximum absolute atomic E-state index is 5.30. The highest BCUT2D eigenvalue weighted by atomic mass is 16.6. The highest BCUT2D eigenvalue weighted by Gasteiger charge is 2.12. The summed E-state index contributed by atoms with van der Waals surface area (Å²) in [5.41, 5.74) is 3.02. The van der Waals surface area contributed by atoms with Gasteiger partial charge in [-0.25, -0.2) is 0 Å². The average molecular weight is 351 g/mol. The molecule has 0 radical (unpaired) electrons. The maximum Gasteiger partial charge on any atom is 0.267 e. The van der Waals surface area contributed by atoms with Crippen molar-refractivity contribution in [2.75, 3.05) is 7.11 Å². The molecule has 26 heavy (non-hydrogen) atoms. The van der Waals surface area contributed by atoms with Crippen LogP contribution in [0.3, 0.4) is 0 Å². The van der Waals surface area contributed by atoms with Gasteiger partial charge in [-0.3, -0.25) is 0 Å². The van der Waals surface area contributed by atoms with Crippen molar-refractivity contribution in [1.29, 1.82) is 0 Å². The summed E-state index contributed by atoms with van der Waals surface area (Å²) in [4.78, 5) is 9.56. The Kier molecular flexibility index (Phi) is 5.63. The topological polar surface area (TPSA) is 69.7 Å². The number of ether oxygens (including phenoxy) is 1. The number of methoxy groups -OCH3 is 1. The van der Waals surface area contributed by atoms with Crippen LogP contribution >= 0.6 is 0 Å². The minimum atomic E-state index is 0.0999. The Balaban J connectivity index is 1.58. The number of hydrogen-bond donors (Lipinski definition) is 0. The summed E-state index contributed by atoms with van der Waals surface area (Å²) < 4.78 is 10.5. The van der Waals surface area contributed by atoms with Crippen LogP contribution in [0.4, 0.5) is 0 Å². The maximum atomic E-state index is 5.30. The van der Waals surface area contributed by atoms with E-state index in [1.807, 2.05) is 36.4 Å². The largest absolute Gasteiger partial charge is 0.496 e. The van der Waals surface area contributed by atoms with E-state index in [0.29, 0.717) is 23.4 Å². The molecule has 0 aliphatic carbocycles. The van der Waals surface area contributed by atoms with Crippen molar-refractivity contribution in [3.63, 3.8) is 0 Å². The molecular weight excluding hydrogens is 330 g/mol. The molecule has 0 amide bonds. The average Bonchev–Trinajstić information content (AvgIpc) is 3.14. The van der Waals surface area contributed by atoms with Crippen LogP contribution in [0.25, 0.3) is 11.4 Å². The molecule has 0 aliphatic rings. The predicted octanol–water partition coefficient (Wildman–Crippen LogP) is 4.42. The summed E-state index contributed by atoms with van der Waals surface area (Å²) in [6.07, 6.45) is 1.65. The van der Waals surface area contributed by atoms with E-state index in [1.165, 1.54) is 5.56 Å². The van der Waals surface area contributed by atoms with Gasteiger partial charge in [0, 0.05) is 0 Å². The quantitative estimate of drug-likeness (QED) is 0.465. The first-order valence-corrected chi connectivity index (χ1v) is 8.38. The van der Waals surface area contributed by atoms with E-state index in [0.717, 1.165) is 11.1 Å². The lowest BCUT2D eigenvalue weighted by Gasteiger charge is -2.04. The Hall–Kier alpha value is -3.15. The third-order valence-corrected chi connectivity index (χ3v) is 3.88. The summed E-state index contributed by atoms with van der Waals surface area (Å²) in [6.45, 7) is 4.43. The predicted molar refractivity (Wildman–Crippen MR) is 99.2 cm³/mol. The molecule has 0 saturated heterocycles. The van der Waals surface area contributed by atoms with Crippen molar-refractivity contribution >= 4 is 6.21 Å². The molecule has 3 rings (SSSR count). The van der Waals surface area contributed by atoms with Crippen LogP contribution in [0.1, 0.15) is 36.8 Å². The molecule has 0 saturated carbocycles. The fraction of sp³-hybridized carbons (Fsp3) is 0.250. The van der Waals surface area contributed by atoms with Gasteiger partial charge in [-0.2, -0.15) is 4.98 Å². The van der Waals surface area contributed by atoms with Gasteiger partial charge in [0.1, 0.15) is 5.75 Å². The Morgan fingerprint density at radius 2 is 1.88 bits per heavy atom. The molecule has 0 unspecified atom stereocenters. The Morgan fingerprint density at radius 1 is 1.12 bits per heavy atom. The number of hydrogen-bond acceptors (Lipinski definition) is 6. The number of benzene rings is 2. The molecular formula is C20H21N3O3. The monoisotopic (exact) mass is 351 g/mol. The van der Waals surface area contributed by atoms with Crippen LogP contribution in [0.15, 0.2) is 58.2 Å². The molecule has 1 aromatic heterocycles. The van der Waals surface area contributed by atoms with Gasteiger partial charge in [-0.1, -0.05) is 60.6 Å². The molecule has 1 heterocycles. The van der Waals surface area contributed by atoms with Crippen molar-refractivity contribution in [1.82, 2.24) is 10.1 Å². The lowest BCUT2D eigenvalue weighted by Crippen LogP contribution is -1.91. The number of rotatable bonds is 7. The third-order valence-electron chi connectivity index (χ3n) is 3.88.